The molecule has 0 aliphatic carbocycles. The van der Waals surface area contributed by atoms with Crippen molar-refractivity contribution in [2.24, 2.45) is 0 Å². The molecule has 2 rings (SSSR count). The van der Waals surface area contributed by atoms with Crippen molar-refractivity contribution < 1.29 is 9.18 Å². The molecule has 0 fully saturated rings. The van der Waals surface area contributed by atoms with Crippen LogP contribution in [0.4, 0.5) is 4.39 Å². The van der Waals surface area contributed by atoms with Gasteiger partial charge in [0.25, 0.3) is 0 Å². The molecular weight excluding hydrogens is 245 g/mol. The Hall–Kier alpha value is -1.91. The fourth-order valence-electron chi connectivity index (χ4n) is 1.89. The van der Waals surface area contributed by atoms with Crippen molar-refractivity contribution in [1.82, 2.24) is 14.7 Å². The van der Waals surface area contributed by atoms with Crippen LogP contribution < -0.4 is 5.32 Å². The second kappa shape index (κ2) is 6.31. The van der Waals surface area contributed by atoms with E-state index in [9.17, 15) is 9.18 Å². The van der Waals surface area contributed by atoms with Crippen molar-refractivity contribution in [2.75, 3.05) is 6.54 Å². The molecule has 0 bridgehead atoms. The SMILES string of the molecule is CCCCC(=O)NCCc1cn2cc(F)ccc2n1. The zero-order valence-corrected chi connectivity index (χ0v) is 11.0. The minimum absolute atomic E-state index is 0.0802. The molecule has 0 saturated heterocycles. The van der Waals surface area contributed by atoms with Crippen LogP contribution in [0.15, 0.2) is 24.5 Å². The minimum Gasteiger partial charge on any atom is -0.356 e. The predicted octanol–water partition coefficient (Wildman–Crippen LogP) is 2.32. The van der Waals surface area contributed by atoms with Gasteiger partial charge in [-0.3, -0.25) is 4.79 Å². The topological polar surface area (TPSA) is 46.4 Å². The lowest BCUT2D eigenvalue weighted by atomic mass is 10.2. The molecule has 5 heteroatoms. The second-order valence-electron chi connectivity index (χ2n) is 4.55. The Morgan fingerprint density at radius 1 is 1.42 bits per heavy atom. The normalized spacial score (nSPS) is 10.8. The number of carbonyl (C=O) groups is 1. The summed E-state index contributed by atoms with van der Waals surface area (Å²) in [7, 11) is 0. The lowest BCUT2D eigenvalue weighted by Crippen LogP contribution is -2.25. The molecule has 0 radical (unpaired) electrons. The molecule has 2 aromatic heterocycles. The summed E-state index contributed by atoms with van der Waals surface area (Å²) in [5.41, 5.74) is 1.56. The Morgan fingerprint density at radius 3 is 3.05 bits per heavy atom. The van der Waals surface area contributed by atoms with E-state index < -0.39 is 0 Å². The molecule has 0 saturated carbocycles. The first kappa shape index (κ1) is 13.5. The van der Waals surface area contributed by atoms with Crippen molar-refractivity contribution in [1.29, 1.82) is 0 Å². The molecule has 19 heavy (non-hydrogen) atoms. The monoisotopic (exact) mass is 263 g/mol. The first-order valence-electron chi connectivity index (χ1n) is 6.59. The van der Waals surface area contributed by atoms with Crippen LogP contribution in [0.1, 0.15) is 31.9 Å². The van der Waals surface area contributed by atoms with Gasteiger partial charge in [-0.15, -0.1) is 0 Å². The van der Waals surface area contributed by atoms with Crippen LogP contribution in [-0.2, 0) is 11.2 Å². The van der Waals surface area contributed by atoms with Crippen molar-refractivity contribution in [3.63, 3.8) is 0 Å². The summed E-state index contributed by atoms with van der Waals surface area (Å²) in [5, 5.41) is 2.86. The van der Waals surface area contributed by atoms with Gasteiger partial charge in [-0.1, -0.05) is 13.3 Å². The van der Waals surface area contributed by atoms with Crippen LogP contribution in [0.2, 0.25) is 0 Å². The second-order valence-corrected chi connectivity index (χ2v) is 4.55. The maximum Gasteiger partial charge on any atom is 0.220 e. The minimum atomic E-state index is -0.288. The number of pyridine rings is 1. The number of fused-ring (bicyclic) bond motifs is 1. The highest BCUT2D eigenvalue weighted by Crippen LogP contribution is 2.07. The number of carbonyl (C=O) groups excluding carboxylic acids is 1. The smallest absolute Gasteiger partial charge is 0.220 e. The van der Waals surface area contributed by atoms with Gasteiger partial charge in [-0.2, -0.15) is 0 Å². The summed E-state index contributed by atoms with van der Waals surface area (Å²) in [5.74, 6) is -0.207. The van der Waals surface area contributed by atoms with Gasteiger partial charge in [-0.25, -0.2) is 9.37 Å². The van der Waals surface area contributed by atoms with Crippen LogP contribution >= 0.6 is 0 Å². The Labute approximate surface area is 111 Å². The third-order valence-corrected chi connectivity index (χ3v) is 2.93. The number of imidazole rings is 1. The summed E-state index contributed by atoms with van der Waals surface area (Å²) in [6.45, 7) is 2.62. The number of unbranched alkanes of at least 4 members (excludes halogenated alkanes) is 1. The molecule has 2 heterocycles. The fourth-order valence-corrected chi connectivity index (χ4v) is 1.89. The van der Waals surface area contributed by atoms with Gasteiger partial charge in [-0.05, 0) is 18.6 Å². The van der Waals surface area contributed by atoms with E-state index in [0.717, 1.165) is 18.5 Å². The first-order chi connectivity index (χ1) is 9.19. The molecule has 0 unspecified atom stereocenters. The number of hydrogen-bond donors (Lipinski definition) is 1. The Kier molecular flexibility index (Phi) is 4.49. The van der Waals surface area contributed by atoms with E-state index in [0.29, 0.717) is 25.0 Å². The van der Waals surface area contributed by atoms with Gasteiger partial charge < -0.3 is 9.72 Å². The van der Waals surface area contributed by atoms with E-state index in [-0.39, 0.29) is 11.7 Å². The quantitative estimate of drug-likeness (QED) is 0.869. The van der Waals surface area contributed by atoms with E-state index in [4.69, 9.17) is 0 Å². The highest BCUT2D eigenvalue weighted by atomic mass is 19.1. The van der Waals surface area contributed by atoms with E-state index in [2.05, 4.69) is 17.2 Å². The summed E-state index contributed by atoms with van der Waals surface area (Å²) in [4.78, 5) is 15.8. The van der Waals surface area contributed by atoms with E-state index in [1.807, 2.05) is 0 Å². The molecule has 4 nitrogen and oxygen atoms in total. The maximum absolute atomic E-state index is 13.0. The lowest BCUT2D eigenvalue weighted by Gasteiger charge is -2.02. The third-order valence-electron chi connectivity index (χ3n) is 2.93. The first-order valence-corrected chi connectivity index (χ1v) is 6.59. The summed E-state index contributed by atoms with van der Waals surface area (Å²) in [6.07, 6.45) is 6.35. The average Bonchev–Trinajstić information content (AvgIpc) is 2.78. The third kappa shape index (κ3) is 3.77. The molecular formula is C14H18FN3O. The molecule has 0 spiro atoms. The van der Waals surface area contributed by atoms with Crippen LogP contribution in [-0.4, -0.2) is 21.8 Å². The van der Waals surface area contributed by atoms with Gasteiger partial charge in [0.1, 0.15) is 11.5 Å². The molecule has 0 aliphatic rings. The molecule has 1 amide bonds. The molecule has 0 aliphatic heterocycles. The predicted molar refractivity (Wildman–Crippen MR) is 71.4 cm³/mol. The van der Waals surface area contributed by atoms with Crippen LogP contribution in [0.25, 0.3) is 5.65 Å². The van der Waals surface area contributed by atoms with Gasteiger partial charge in [0.05, 0.1) is 5.69 Å². The number of nitrogens with zero attached hydrogens (tertiary/aromatic N) is 2. The number of aromatic nitrogens is 2. The Morgan fingerprint density at radius 2 is 2.26 bits per heavy atom. The van der Waals surface area contributed by atoms with E-state index >= 15 is 0 Å². The molecule has 102 valence electrons. The fraction of sp³-hybridized carbons (Fsp3) is 0.429. The van der Waals surface area contributed by atoms with E-state index in [1.54, 1.807) is 16.7 Å². The van der Waals surface area contributed by atoms with Gasteiger partial charge >= 0.3 is 0 Å². The van der Waals surface area contributed by atoms with Crippen molar-refractivity contribution >= 4 is 11.6 Å². The number of hydrogen-bond acceptors (Lipinski definition) is 2. The highest BCUT2D eigenvalue weighted by molar-refractivity contribution is 5.75. The van der Waals surface area contributed by atoms with Crippen molar-refractivity contribution in [3.05, 3.63) is 36.0 Å². The Bertz CT molecular complexity index is 565. The average molecular weight is 263 g/mol. The number of nitrogens with one attached hydrogen (secondary N) is 1. The van der Waals surface area contributed by atoms with Crippen LogP contribution in [0.3, 0.4) is 0 Å². The van der Waals surface area contributed by atoms with Crippen molar-refractivity contribution in [3.8, 4) is 0 Å². The molecule has 2 aromatic rings. The van der Waals surface area contributed by atoms with E-state index in [1.165, 1.54) is 12.3 Å². The largest absolute Gasteiger partial charge is 0.356 e. The standard InChI is InChI=1S/C14H18FN3O/c1-2-3-4-14(19)16-8-7-12-10-18-9-11(15)5-6-13(18)17-12/h5-6,9-10H,2-4,7-8H2,1H3,(H,16,19). The summed E-state index contributed by atoms with van der Waals surface area (Å²) < 4.78 is 14.7. The summed E-state index contributed by atoms with van der Waals surface area (Å²) >= 11 is 0. The number of amides is 1. The van der Waals surface area contributed by atoms with Crippen LogP contribution in [0, 0.1) is 5.82 Å². The number of rotatable bonds is 6. The van der Waals surface area contributed by atoms with Crippen molar-refractivity contribution in [2.45, 2.75) is 32.6 Å². The number of halogens is 1. The molecule has 0 atom stereocenters. The van der Waals surface area contributed by atoms with Gasteiger partial charge in [0, 0.05) is 31.8 Å². The lowest BCUT2D eigenvalue weighted by molar-refractivity contribution is -0.121. The maximum atomic E-state index is 13.0. The molecule has 0 aromatic carbocycles. The van der Waals surface area contributed by atoms with Gasteiger partial charge in [0.2, 0.25) is 5.91 Å². The van der Waals surface area contributed by atoms with Gasteiger partial charge in [0.15, 0.2) is 0 Å². The molecule has 1 N–H and O–H groups in total. The zero-order valence-electron chi connectivity index (χ0n) is 11.0. The zero-order chi connectivity index (χ0) is 13.7. The van der Waals surface area contributed by atoms with Crippen LogP contribution in [0.5, 0.6) is 0 Å². The Balaban J connectivity index is 1.86. The summed E-state index contributed by atoms with van der Waals surface area (Å²) in [6, 6.07) is 3.03. The highest BCUT2D eigenvalue weighted by Gasteiger charge is 2.04.